The lowest BCUT2D eigenvalue weighted by Gasteiger charge is -2.19. The van der Waals surface area contributed by atoms with E-state index in [0.717, 1.165) is 5.56 Å². The Kier molecular flexibility index (Phi) is 8.91. The average Bonchev–Trinajstić information content (AvgIpc) is 2.99. The average molecular weight is 381 g/mol. The first-order valence-electron chi connectivity index (χ1n) is 9.19. The smallest absolute Gasteiger partial charge is 0.408 e. The SMILES string of the molecule is CC(Cc1ccc2c(c1)OCO2)OC(=O)CNC(=O)OC(C)(C)C.CCC. The molecule has 1 aromatic carbocycles. The summed E-state index contributed by atoms with van der Waals surface area (Å²) in [6.07, 6.45) is 0.802. The Bertz CT molecular complexity index is 623. The molecule has 0 aliphatic carbocycles. The Morgan fingerprint density at radius 1 is 1.19 bits per heavy atom. The maximum atomic E-state index is 11.8. The van der Waals surface area contributed by atoms with Gasteiger partial charge >= 0.3 is 12.1 Å². The molecule has 1 amide bonds. The number of hydrogen-bond donors (Lipinski definition) is 1. The van der Waals surface area contributed by atoms with E-state index < -0.39 is 17.7 Å². The van der Waals surface area contributed by atoms with E-state index >= 15 is 0 Å². The normalized spacial score (nSPS) is 13.1. The molecule has 1 unspecified atom stereocenters. The molecule has 7 heteroatoms. The van der Waals surface area contributed by atoms with E-state index in [4.69, 9.17) is 18.9 Å². The van der Waals surface area contributed by atoms with Crippen molar-refractivity contribution in [1.82, 2.24) is 5.32 Å². The van der Waals surface area contributed by atoms with E-state index in [1.54, 1.807) is 27.7 Å². The van der Waals surface area contributed by atoms with Crippen molar-refractivity contribution in [3.63, 3.8) is 0 Å². The van der Waals surface area contributed by atoms with Crippen molar-refractivity contribution in [2.24, 2.45) is 0 Å². The van der Waals surface area contributed by atoms with Gasteiger partial charge in [-0.15, -0.1) is 0 Å². The second kappa shape index (κ2) is 10.6. The summed E-state index contributed by atoms with van der Waals surface area (Å²) < 4.78 is 20.9. The molecule has 1 aromatic rings. The molecule has 0 bridgehead atoms. The zero-order chi connectivity index (χ0) is 20.4. The first kappa shape index (κ1) is 22.6. The van der Waals surface area contributed by atoms with Crippen molar-refractivity contribution < 1.29 is 28.5 Å². The van der Waals surface area contributed by atoms with E-state index in [1.165, 1.54) is 6.42 Å². The van der Waals surface area contributed by atoms with Crippen LogP contribution in [-0.4, -0.2) is 37.1 Å². The Morgan fingerprint density at radius 3 is 2.44 bits per heavy atom. The summed E-state index contributed by atoms with van der Waals surface area (Å²) in [6, 6.07) is 5.60. The van der Waals surface area contributed by atoms with Gasteiger partial charge in [0.05, 0.1) is 0 Å². The van der Waals surface area contributed by atoms with Gasteiger partial charge < -0.3 is 24.3 Å². The summed E-state index contributed by atoms with van der Waals surface area (Å²) in [6.45, 7) is 11.3. The summed E-state index contributed by atoms with van der Waals surface area (Å²) in [5.41, 5.74) is 0.361. The molecule has 27 heavy (non-hydrogen) atoms. The Hall–Kier alpha value is -2.44. The number of rotatable bonds is 5. The lowest BCUT2D eigenvalue weighted by Crippen LogP contribution is -2.36. The minimum absolute atomic E-state index is 0.222. The molecule has 0 radical (unpaired) electrons. The highest BCUT2D eigenvalue weighted by atomic mass is 16.7. The van der Waals surface area contributed by atoms with Crippen molar-refractivity contribution >= 4 is 12.1 Å². The Labute approximate surface area is 161 Å². The second-order valence-electron chi connectivity index (χ2n) is 7.25. The number of esters is 1. The van der Waals surface area contributed by atoms with Crippen LogP contribution in [-0.2, 0) is 20.7 Å². The summed E-state index contributed by atoms with van der Waals surface area (Å²) >= 11 is 0. The van der Waals surface area contributed by atoms with Crippen molar-refractivity contribution in [1.29, 1.82) is 0 Å². The number of carbonyl (C=O) groups is 2. The van der Waals surface area contributed by atoms with Gasteiger partial charge in [-0.3, -0.25) is 4.79 Å². The minimum atomic E-state index is -0.650. The first-order chi connectivity index (χ1) is 12.6. The number of carbonyl (C=O) groups excluding carboxylic acids is 2. The van der Waals surface area contributed by atoms with Gasteiger partial charge in [-0.1, -0.05) is 26.3 Å². The van der Waals surface area contributed by atoms with Crippen LogP contribution >= 0.6 is 0 Å². The van der Waals surface area contributed by atoms with E-state index in [9.17, 15) is 9.59 Å². The van der Waals surface area contributed by atoms with Gasteiger partial charge in [-0.05, 0) is 45.4 Å². The number of hydrogen-bond acceptors (Lipinski definition) is 6. The predicted octanol–water partition coefficient (Wildman–Crippen LogP) is 3.83. The molecule has 2 rings (SSSR count). The fourth-order valence-electron chi connectivity index (χ4n) is 2.17. The van der Waals surface area contributed by atoms with Crippen LogP contribution in [0.15, 0.2) is 18.2 Å². The van der Waals surface area contributed by atoms with Crippen LogP contribution in [0.1, 0.15) is 53.5 Å². The Morgan fingerprint density at radius 2 is 1.81 bits per heavy atom. The number of alkyl carbamates (subject to hydrolysis) is 1. The topological polar surface area (TPSA) is 83.1 Å². The van der Waals surface area contributed by atoms with Crippen LogP contribution in [0.3, 0.4) is 0 Å². The lowest BCUT2D eigenvalue weighted by atomic mass is 10.1. The quantitative estimate of drug-likeness (QED) is 0.781. The molecular weight excluding hydrogens is 350 g/mol. The molecule has 7 nitrogen and oxygen atoms in total. The van der Waals surface area contributed by atoms with E-state index in [1.807, 2.05) is 18.2 Å². The van der Waals surface area contributed by atoms with Crippen molar-refractivity contribution in [2.75, 3.05) is 13.3 Å². The fraction of sp³-hybridized carbons (Fsp3) is 0.600. The third kappa shape index (κ3) is 9.17. The molecule has 1 heterocycles. The molecule has 1 aliphatic heterocycles. The molecule has 0 fully saturated rings. The highest BCUT2D eigenvalue weighted by Crippen LogP contribution is 2.32. The fourth-order valence-corrected chi connectivity index (χ4v) is 2.17. The van der Waals surface area contributed by atoms with Crippen LogP contribution < -0.4 is 14.8 Å². The standard InChI is InChI=1S/C17H23NO6.C3H8/c1-11(7-12-5-6-13-14(8-12)22-10-21-13)23-15(19)9-18-16(20)24-17(2,3)4;1-3-2/h5-6,8,11H,7,9-10H2,1-4H3,(H,18,20);3H2,1-2H3. The number of nitrogens with one attached hydrogen (secondary N) is 1. The van der Waals surface area contributed by atoms with Crippen molar-refractivity contribution in [3.8, 4) is 11.5 Å². The highest BCUT2D eigenvalue weighted by Gasteiger charge is 2.18. The predicted molar refractivity (Wildman–Crippen MR) is 102 cm³/mol. The molecule has 152 valence electrons. The molecule has 0 saturated heterocycles. The van der Waals surface area contributed by atoms with Gasteiger partial charge in [-0.25, -0.2) is 4.79 Å². The van der Waals surface area contributed by atoms with Gasteiger partial charge in [-0.2, -0.15) is 0 Å². The lowest BCUT2D eigenvalue weighted by molar-refractivity contribution is -0.147. The van der Waals surface area contributed by atoms with Crippen LogP contribution in [0.4, 0.5) is 4.79 Å². The van der Waals surface area contributed by atoms with E-state index in [-0.39, 0.29) is 19.4 Å². The third-order valence-electron chi connectivity index (χ3n) is 3.07. The number of fused-ring (bicyclic) bond motifs is 1. The van der Waals surface area contributed by atoms with Crippen LogP contribution in [0, 0.1) is 0 Å². The van der Waals surface area contributed by atoms with Gasteiger partial charge in [0.25, 0.3) is 0 Å². The van der Waals surface area contributed by atoms with Gasteiger partial charge in [0.15, 0.2) is 11.5 Å². The summed E-state index contributed by atoms with van der Waals surface area (Å²) in [5, 5.41) is 2.37. The van der Waals surface area contributed by atoms with Crippen LogP contribution in [0.2, 0.25) is 0 Å². The van der Waals surface area contributed by atoms with E-state index in [0.29, 0.717) is 17.9 Å². The molecular formula is C20H31NO6. The third-order valence-corrected chi connectivity index (χ3v) is 3.07. The summed E-state index contributed by atoms with van der Waals surface area (Å²) in [7, 11) is 0. The molecule has 0 saturated carbocycles. The van der Waals surface area contributed by atoms with Crippen molar-refractivity contribution in [3.05, 3.63) is 23.8 Å². The zero-order valence-electron chi connectivity index (χ0n) is 17.1. The van der Waals surface area contributed by atoms with Crippen LogP contribution in [0.25, 0.3) is 0 Å². The van der Waals surface area contributed by atoms with Gasteiger partial charge in [0.1, 0.15) is 18.2 Å². The maximum absolute atomic E-state index is 11.8. The minimum Gasteiger partial charge on any atom is -0.461 e. The summed E-state index contributed by atoms with van der Waals surface area (Å²) in [4.78, 5) is 23.2. The molecule has 1 aliphatic rings. The van der Waals surface area contributed by atoms with Crippen LogP contribution in [0.5, 0.6) is 11.5 Å². The van der Waals surface area contributed by atoms with Gasteiger partial charge in [0.2, 0.25) is 6.79 Å². The highest BCUT2D eigenvalue weighted by molar-refractivity contribution is 5.78. The van der Waals surface area contributed by atoms with Crippen molar-refractivity contribution in [2.45, 2.75) is 66.1 Å². The first-order valence-corrected chi connectivity index (χ1v) is 9.19. The monoisotopic (exact) mass is 381 g/mol. The molecule has 0 spiro atoms. The number of ether oxygens (including phenoxy) is 4. The number of benzene rings is 1. The van der Waals surface area contributed by atoms with Gasteiger partial charge in [0, 0.05) is 6.42 Å². The van der Waals surface area contributed by atoms with E-state index in [2.05, 4.69) is 19.2 Å². The molecule has 1 N–H and O–H groups in total. The zero-order valence-corrected chi connectivity index (χ0v) is 17.1. The summed E-state index contributed by atoms with van der Waals surface area (Å²) in [5.74, 6) is 0.886. The maximum Gasteiger partial charge on any atom is 0.408 e. The number of amides is 1. The Balaban J connectivity index is 0.00000114. The molecule has 0 aromatic heterocycles. The second-order valence-corrected chi connectivity index (χ2v) is 7.25. The molecule has 1 atom stereocenters. The largest absolute Gasteiger partial charge is 0.461 e.